The van der Waals surface area contributed by atoms with Gasteiger partial charge in [-0.15, -0.1) is 0 Å². The van der Waals surface area contributed by atoms with Gasteiger partial charge in [-0.2, -0.15) is 0 Å². The van der Waals surface area contributed by atoms with Crippen LogP contribution in [0.15, 0.2) is 0 Å². The molecule has 0 saturated carbocycles. The van der Waals surface area contributed by atoms with E-state index in [9.17, 15) is 8.42 Å². The Labute approximate surface area is 122 Å². The van der Waals surface area contributed by atoms with Gasteiger partial charge in [-0.25, -0.2) is 12.7 Å². The van der Waals surface area contributed by atoms with Gasteiger partial charge in [0.15, 0.2) is 0 Å². The second-order valence-corrected chi connectivity index (χ2v) is 8.73. The first-order valence-corrected chi connectivity index (χ1v) is 9.79. The van der Waals surface area contributed by atoms with E-state index < -0.39 is 10.0 Å². The molecule has 3 atom stereocenters. The molecule has 0 aromatic carbocycles. The highest BCUT2D eigenvalue weighted by atomic mass is 32.2. The summed E-state index contributed by atoms with van der Waals surface area (Å²) in [6, 6.07) is 0.692. The van der Waals surface area contributed by atoms with Crippen molar-refractivity contribution in [3.05, 3.63) is 0 Å². The molecule has 116 valence electrons. The molecule has 0 spiro atoms. The van der Waals surface area contributed by atoms with Crippen molar-refractivity contribution < 1.29 is 8.42 Å². The summed E-state index contributed by atoms with van der Waals surface area (Å²) in [5.41, 5.74) is 0. The van der Waals surface area contributed by atoms with Gasteiger partial charge in [0.2, 0.25) is 10.0 Å². The normalized spacial score (nSPS) is 37.0. The minimum Gasteiger partial charge on any atom is -0.315 e. The second kappa shape index (κ2) is 5.91. The summed E-state index contributed by atoms with van der Waals surface area (Å²) in [7, 11) is -3.01. The summed E-state index contributed by atoms with van der Waals surface area (Å²) in [6.07, 6.45) is 6.18. The van der Waals surface area contributed by atoms with Gasteiger partial charge in [0.1, 0.15) is 0 Å². The van der Waals surface area contributed by atoms with E-state index in [0.29, 0.717) is 18.5 Å². The Morgan fingerprint density at radius 3 is 2.75 bits per heavy atom. The highest BCUT2D eigenvalue weighted by molar-refractivity contribution is 7.88. The van der Waals surface area contributed by atoms with Gasteiger partial charge in [-0.3, -0.25) is 4.90 Å². The molecular weight excluding hydrogens is 274 g/mol. The van der Waals surface area contributed by atoms with Crippen molar-refractivity contribution >= 4 is 10.0 Å². The van der Waals surface area contributed by atoms with Crippen molar-refractivity contribution in [3.8, 4) is 0 Å². The first kappa shape index (κ1) is 14.8. The molecule has 3 heterocycles. The van der Waals surface area contributed by atoms with Gasteiger partial charge in [0.25, 0.3) is 0 Å². The number of nitrogens with one attached hydrogen (secondary N) is 1. The molecule has 3 fully saturated rings. The number of fused-ring (bicyclic) bond motifs is 1. The molecule has 3 aliphatic heterocycles. The lowest BCUT2D eigenvalue weighted by Gasteiger charge is -2.41. The van der Waals surface area contributed by atoms with Crippen molar-refractivity contribution in [2.75, 3.05) is 45.5 Å². The smallest absolute Gasteiger partial charge is 0.211 e. The quantitative estimate of drug-likeness (QED) is 0.817. The predicted octanol–water partition coefficient (Wildman–Crippen LogP) is 0.342. The molecule has 3 aliphatic rings. The standard InChI is InChI=1S/C14H27N3O2S/c1-20(18,19)17-7-2-4-12(11-17)10-16-6-3-5-13-8-15-9-14(13)16/h12-15H,2-11H2,1H3. The molecule has 1 N–H and O–H groups in total. The molecule has 3 unspecified atom stereocenters. The van der Waals surface area contributed by atoms with E-state index in [0.717, 1.165) is 32.0 Å². The average Bonchev–Trinajstić information content (AvgIpc) is 2.87. The zero-order chi connectivity index (χ0) is 14.2. The number of rotatable bonds is 3. The van der Waals surface area contributed by atoms with Crippen LogP contribution in [-0.2, 0) is 10.0 Å². The van der Waals surface area contributed by atoms with Crippen molar-refractivity contribution in [2.24, 2.45) is 11.8 Å². The van der Waals surface area contributed by atoms with Crippen LogP contribution in [0.2, 0.25) is 0 Å². The highest BCUT2D eigenvalue weighted by Crippen LogP contribution is 2.29. The van der Waals surface area contributed by atoms with Crippen molar-refractivity contribution in [1.82, 2.24) is 14.5 Å². The van der Waals surface area contributed by atoms with Crippen LogP contribution in [0.5, 0.6) is 0 Å². The second-order valence-electron chi connectivity index (χ2n) is 6.75. The Morgan fingerprint density at radius 1 is 1.15 bits per heavy atom. The summed E-state index contributed by atoms with van der Waals surface area (Å²) < 4.78 is 25.1. The van der Waals surface area contributed by atoms with Crippen LogP contribution < -0.4 is 5.32 Å². The molecule has 3 rings (SSSR count). The Morgan fingerprint density at radius 2 is 1.95 bits per heavy atom. The lowest BCUT2D eigenvalue weighted by molar-refractivity contribution is 0.0902. The molecule has 0 bridgehead atoms. The van der Waals surface area contributed by atoms with E-state index in [1.54, 1.807) is 4.31 Å². The maximum absolute atomic E-state index is 11.7. The van der Waals surface area contributed by atoms with E-state index in [2.05, 4.69) is 10.2 Å². The van der Waals surface area contributed by atoms with E-state index in [1.807, 2.05) is 0 Å². The third-order valence-corrected chi connectivity index (χ3v) is 6.51. The van der Waals surface area contributed by atoms with E-state index in [1.165, 1.54) is 38.6 Å². The largest absolute Gasteiger partial charge is 0.315 e. The van der Waals surface area contributed by atoms with Crippen LogP contribution in [-0.4, -0.2) is 69.2 Å². The van der Waals surface area contributed by atoms with E-state index in [4.69, 9.17) is 0 Å². The number of likely N-dealkylation sites (tertiary alicyclic amines) is 1. The van der Waals surface area contributed by atoms with E-state index in [-0.39, 0.29) is 0 Å². The molecule has 0 radical (unpaired) electrons. The van der Waals surface area contributed by atoms with Gasteiger partial charge in [-0.05, 0) is 50.6 Å². The van der Waals surface area contributed by atoms with E-state index >= 15 is 0 Å². The molecule has 0 aromatic heterocycles. The van der Waals surface area contributed by atoms with Crippen LogP contribution in [0.1, 0.15) is 25.7 Å². The Bertz CT molecular complexity index is 440. The maximum atomic E-state index is 11.7. The van der Waals surface area contributed by atoms with Crippen LogP contribution in [0.4, 0.5) is 0 Å². The summed E-state index contributed by atoms with van der Waals surface area (Å²) in [5, 5.41) is 3.52. The van der Waals surface area contributed by atoms with Gasteiger partial charge in [0, 0.05) is 32.2 Å². The predicted molar refractivity (Wildman–Crippen MR) is 80.1 cm³/mol. The lowest BCUT2D eigenvalue weighted by atomic mass is 9.90. The van der Waals surface area contributed by atoms with Crippen molar-refractivity contribution in [3.63, 3.8) is 0 Å². The van der Waals surface area contributed by atoms with Crippen molar-refractivity contribution in [1.29, 1.82) is 0 Å². The lowest BCUT2D eigenvalue weighted by Crippen LogP contribution is -2.50. The summed E-state index contributed by atoms with van der Waals surface area (Å²) in [5.74, 6) is 1.33. The summed E-state index contributed by atoms with van der Waals surface area (Å²) in [6.45, 7) is 5.99. The molecular formula is C14H27N3O2S. The number of hydrogen-bond acceptors (Lipinski definition) is 4. The molecule has 3 saturated heterocycles. The molecule has 0 aliphatic carbocycles. The Hall–Kier alpha value is -0.170. The zero-order valence-corrected chi connectivity index (χ0v) is 13.2. The Kier molecular flexibility index (Phi) is 4.36. The first-order valence-electron chi connectivity index (χ1n) is 7.94. The third kappa shape index (κ3) is 3.18. The van der Waals surface area contributed by atoms with Crippen LogP contribution in [0, 0.1) is 11.8 Å². The fourth-order valence-electron chi connectivity index (χ4n) is 4.20. The highest BCUT2D eigenvalue weighted by Gasteiger charge is 2.36. The summed E-state index contributed by atoms with van der Waals surface area (Å²) in [4.78, 5) is 2.63. The van der Waals surface area contributed by atoms with Crippen molar-refractivity contribution in [2.45, 2.75) is 31.7 Å². The molecule has 0 amide bonds. The first-order chi connectivity index (χ1) is 9.54. The Balaban J connectivity index is 1.59. The topological polar surface area (TPSA) is 52.7 Å². The van der Waals surface area contributed by atoms with Gasteiger partial charge in [0.05, 0.1) is 6.26 Å². The maximum Gasteiger partial charge on any atom is 0.211 e. The van der Waals surface area contributed by atoms with Crippen LogP contribution in [0.25, 0.3) is 0 Å². The van der Waals surface area contributed by atoms with Gasteiger partial charge >= 0.3 is 0 Å². The molecule has 20 heavy (non-hydrogen) atoms. The minimum atomic E-state index is -3.01. The number of piperidine rings is 2. The summed E-state index contributed by atoms with van der Waals surface area (Å²) >= 11 is 0. The average molecular weight is 301 g/mol. The fourth-order valence-corrected chi connectivity index (χ4v) is 5.14. The van der Waals surface area contributed by atoms with Crippen LogP contribution >= 0.6 is 0 Å². The monoisotopic (exact) mass is 301 g/mol. The number of hydrogen-bond donors (Lipinski definition) is 1. The molecule has 6 heteroatoms. The zero-order valence-electron chi connectivity index (χ0n) is 12.4. The SMILES string of the molecule is CS(=O)(=O)N1CCCC(CN2CCCC3CNCC32)C1. The van der Waals surface area contributed by atoms with Crippen LogP contribution in [0.3, 0.4) is 0 Å². The van der Waals surface area contributed by atoms with Gasteiger partial charge < -0.3 is 5.32 Å². The number of nitrogens with zero attached hydrogens (tertiary/aromatic N) is 2. The fraction of sp³-hybridized carbons (Fsp3) is 1.00. The number of sulfonamides is 1. The molecule has 5 nitrogen and oxygen atoms in total. The third-order valence-electron chi connectivity index (χ3n) is 5.24. The minimum absolute atomic E-state index is 0.512. The molecule has 0 aromatic rings. The van der Waals surface area contributed by atoms with Gasteiger partial charge in [-0.1, -0.05) is 0 Å².